The third-order valence-electron chi connectivity index (χ3n) is 3.71. The van der Waals surface area contributed by atoms with Crippen molar-refractivity contribution < 1.29 is 9.90 Å². The summed E-state index contributed by atoms with van der Waals surface area (Å²) in [6.45, 7) is 3.73. The number of benzene rings is 1. The van der Waals surface area contributed by atoms with E-state index in [9.17, 15) is 4.79 Å². The summed E-state index contributed by atoms with van der Waals surface area (Å²) in [5, 5.41) is 8.86. The average molecular weight is 348 g/mol. The molecule has 1 aliphatic rings. The van der Waals surface area contributed by atoms with E-state index in [1.165, 1.54) is 29.1 Å². The van der Waals surface area contributed by atoms with Crippen LogP contribution in [0.15, 0.2) is 29.0 Å². The summed E-state index contributed by atoms with van der Waals surface area (Å²) in [7, 11) is 0. The van der Waals surface area contributed by atoms with Crippen molar-refractivity contribution in [3.63, 3.8) is 0 Å². The maximum Gasteiger partial charge on any atom is 0.356 e. The minimum Gasteiger partial charge on any atom is -0.476 e. The Balaban J connectivity index is 1.87. The number of hydrogen-bond acceptors (Lipinski definition) is 4. The summed E-state index contributed by atoms with van der Waals surface area (Å²) >= 11 is 3.53. The molecule has 5 nitrogen and oxygen atoms in total. The first-order chi connectivity index (χ1) is 10.0. The van der Waals surface area contributed by atoms with Crippen molar-refractivity contribution in [2.45, 2.75) is 19.9 Å². The molecule has 21 heavy (non-hydrogen) atoms. The summed E-state index contributed by atoms with van der Waals surface area (Å²) in [5.74, 6) is -0.341. The molecular formula is C15H14BrN3O2. The number of aryl methyl sites for hydroxylation is 1. The Morgan fingerprint density at radius 2 is 2.14 bits per heavy atom. The first kappa shape index (κ1) is 14.0. The second kappa shape index (κ2) is 5.44. The van der Waals surface area contributed by atoms with Gasteiger partial charge < -0.3 is 10.0 Å². The van der Waals surface area contributed by atoms with Gasteiger partial charge >= 0.3 is 5.97 Å². The standard InChI is InChI=1S/C15H14BrN3O2/c1-9-4-11(16)5-10-2-3-19(8-12(9)10)14-7-17-13(6-18-14)15(20)21/h4-7H,2-3,8H2,1H3,(H,20,21). The molecule has 3 rings (SSSR count). The van der Waals surface area contributed by atoms with E-state index in [0.29, 0.717) is 5.82 Å². The van der Waals surface area contributed by atoms with Crippen molar-refractivity contribution in [3.05, 3.63) is 51.4 Å². The van der Waals surface area contributed by atoms with Gasteiger partial charge in [0.2, 0.25) is 0 Å². The molecule has 1 N–H and O–H groups in total. The van der Waals surface area contributed by atoms with E-state index in [2.05, 4.69) is 49.9 Å². The SMILES string of the molecule is Cc1cc(Br)cc2c1CN(c1cnc(C(=O)O)cn1)CC2. The molecule has 1 aromatic heterocycles. The van der Waals surface area contributed by atoms with Gasteiger partial charge in [0.15, 0.2) is 5.69 Å². The lowest BCUT2D eigenvalue weighted by Gasteiger charge is -2.30. The molecule has 0 radical (unpaired) electrons. The van der Waals surface area contributed by atoms with Crippen LogP contribution in [0.1, 0.15) is 27.2 Å². The lowest BCUT2D eigenvalue weighted by atomic mass is 9.96. The molecule has 0 saturated heterocycles. The molecule has 0 saturated carbocycles. The number of carboxylic acid groups (broad SMARTS) is 1. The van der Waals surface area contributed by atoms with E-state index in [1.54, 1.807) is 0 Å². The van der Waals surface area contributed by atoms with Gasteiger partial charge in [-0.15, -0.1) is 0 Å². The van der Waals surface area contributed by atoms with Crippen LogP contribution in [0.2, 0.25) is 0 Å². The highest BCUT2D eigenvalue weighted by molar-refractivity contribution is 9.10. The molecule has 6 heteroatoms. The number of fused-ring (bicyclic) bond motifs is 1. The number of aromatic nitrogens is 2. The van der Waals surface area contributed by atoms with Crippen LogP contribution in [0.4, 0.5) is 5.82 Å². The number of rotatable bonds is 2. The third-order valence-corrected chi connectivity index (χ3v) is 4.17. The topological polar surface area (TPSA) is 66.3 Å². The molecule has 1 aromatic carbocycles. The summed E-state index contributed by atoms with van der Waals surface area (Å²) in [6, 6.07) is 4.28. The number of aromatic carboxylic acids is 1. The van der Waals surface area contributed by atoms with Gasteiger partial charge in [0.25, 0.3) is 0 Å². The minimum atomic E-state index is -1.06. The number of carbonyl (C=O) groups is 1. The highest BCUT2D eigenvalue weighted by atomic mass is 79.9. The number of carboxylic acids is 1. The Morgan fingerprint density at radius 3 is 2.81 bits per heavy atom. The molecule has 2 aromatic rings. The van der Waals surface area contributed by atoms with Gasteiger partial charge in [0.1, 0.15) is 5.82 Å². The Labute approximate surface area is 130 Å². The normalized spacial score (nSPS) is 13.9. The lowest BCUT2D eigenvalue weighted by Crippen LogP contribution is -2.31. The van der Waals surface area contributed by atoms with E-state index in [-0.39, 0.29) is 5.69 Å². The van der Waals surface area contributed by atoms with Gasteiger partial charge in [-0.05, 0) is 42.2 Å². The fraction of sp³-hybridized carbons (Fsp3) is 0.267. The van der Waals surface area contributed by atoms with Gasteiger partial charge in [0, 0.05) is 17.6 Å². The predicted octanol–water partition coefficient (Wildman–Crippen LogP) is 2.81. The molecule has 0 aliphatic carbocycles. The lowest BCUT2D eigenvalue weighted by molar-refractivity contribution is 0.0690. The van der Waals surface area contributed by atoms with Crippen LogP contribution in [0.25, 0.3) is 0 Å². The third kappa shape index (κ3) is 2.76. The largest absolute Gasteiger partial charge is 0.476 e. The van der Waals surface area contributed by atoms with Crippen LogP contribution in [0.3, 0.4) is 0 Å². The van der Waals surface area contributed by atoms with E-state index in [4.69, 9.17) is 5.11 Å². The first-order valence-corrected chi connectivity index (χ1v) is 7.42. The zero-order valence-electron chi connectivity index (χ0n) is 11.5. The Bertz CT molecular complexity index is 701. The van der Waals surface area contributed by atoms with E-state index in [1.807, 2.05) is 0 Å². The molecule has 108 valence electrons. The molecule has 1 aliphatic heterocycles. The van der Waals surface area contributed by atoms with Crippen molar-refractivity contribution in [2.75, 3.05) is 11.4 Å². The highest BCUT2D eigenvalue weighted by Crippen LogP contribution is 2.28. The first-order valence-electron chi connectivity index (χ1n) is 6.63. The Morgan fingerprint density at radius 1 is 1.33 bits per heavy atom. The van der Waals surface area contributed by atoms with Crippen LogP contribution < -0.4 is 4.90 Å². The molecule has 0 atom stereocenters. The van der Waals surface area contributed by atoms with Gasteiger partial charge in [-0.2, -0.15) is 0 Å². The van der Waals surface area contributed by atoms with Crippen molar-refractivity contribution in [1.82, 2.24) is 9.97 Å². The second-order valence-corrected chi connectivity index (χ2v) is 6.01. The molecular weight excluding hydrogens is 334 g/mol. The molecule has 0 spiro atoms. The van der Waals surface area contributed by atoms with Crippen LogP contribution in [-0.2, 0) is 13.0 Å². The monoisotopic (exact) mass is 347 g/mol. The van der Waals surface area contributed by atoms with Gasteiger partial charge in [-0.3, -0.25) is 0 Å². The zero-order chi connectivity index (χ0) is 15.0. The van der Waals surface area contributed by atoms with Crippen molar-refractivity contribution in [2.24, 2.45) is 0 Å². The average Bonchev–Trinajstić information content (AvgIpc) is 2.47. The fourth-order valence-electron chi connectivity index (χ4n) is 2.61. The summed E-state index contributed by atoms with van der Waals surface area (Å²) in [6.07, 6.45) is 3.78. The minimum absolute atomic E-state index is 0.0312. The Kier molecular flexibility index (Phi) is 3.63. The number of nitrogens with zero attached hydrogens (tertiary/aromatic N) is 3. The van der Waals surface area contributed by atoms with Gasteiger partial charge in [-0.1, -0.05) is 15.9 Å². The highest BCUT2D eigenvalue weighted by Gasteiger charge is 2.20. The van der Waals surface area contributed by atoms with Gasteiger partial charge in [-0.25, -0.2) is 14.8 Å². The van der Waals surface area contributed by atoms with Crippen LogP contribution in [-0.4, -0.2) is 27.6 Å². The van der Waals surface area contributed by atoms with Gasteiger partial charge in [0.05, 0.1) is 12.4 Å². The summed E-state index contributed by atoms with van der Waals surface area (Å²) in [4.78, 5) is 21.1. The van der Waals surface area contributed by atoms with E-state index in [0.717, 1.165) is 24.0 Å². The predicted molar refractivity (Wildman–Crippen MR) is 82.6 cm³/mol. The smallest absolute Gasteiger partial charge is 0.356 e. The van der Waals surface area contributed by atoms with Crippen molar-refractivity contribution >= 4 is 27.7 Å². The molecule has 0 unspecified atom stereocenters. The van der Waals surface area contributed by atoms with E-state index < -0.39 is 5.97 Å². The fourth-order valence-corrected chi connectivity index (χ4v) is 3.23. The summed E-state index contributed by atoms with van der Waals surface area (Å²) in [5.41, 5.74) is 3.89. The quantitative estimate of drug-likeness (QED) is 0.904. The van der Waals surface area contributed by atoms with Crippen LogP contribution in [0, 0.1) is 6.92 Å². The molecule has 0 fully saturated rings. The maximum atomic E-state index is 10.8. The Hall–Kier alpha value is -1.95. The number of anilines is 1. The number of hydrogen-bond donors (Lipinski definition) is 1. The van der Waals surface area contributed by atoms with Crippen molar-refractivity contribution in [1.29, 1.82) is 0 Å². The van der Waals surface area contributed by atoms with E-state index >= 15 is 0 Å². The van der Waals surface area contributed by atoms with Crippen LogP contribution in [0.5, 0.6) is 0 Å². The molecule has 0 amide bonds. The molecule has 2 heterocycles. The molecule has 0 bridgehead atoms. The maximum absolute atomic E-state index is 10.8. The summed E-state index contributed by atoms with van der Waals surface area (Å²) < 4.78 is 1.11. The van der Waals surface area contributed by atoms with Crippen LogP contribution >= 0.6 is 15.9 Å². The second-order valence-electron chi connectivity index (χ2n) is 5.10. The number of halogens is 1. The zero-order valence-corrected chi connectivity index (χ0v) is 13.1. The van der Waals surface area contributed by atoms with Crippen molar-refractivity contribution in [3.8, 4) is 0 Å².